The second-order valence-electron chi connectivity index (χ2n) is 13.4. The summed E-state index contributed by atoms with van der Waals surface area (Å²) in [5.41, 5.74) is 1.92. The largest absolute Gasteiger partial charge is 0.414 e. The third-order valence-electron chi connectivity index (χ3n) is 8.93. The number of benzene rings is 3. The van der Waals surface area contributed by atoms with Crippen molar-refractivity contribution in [2.75, 3.05) is 6.61 Å². The summed E-state index contributed by atoms with van der Waals surface area (Å²) < 4.78 is 21.6. The molecule has 6 heteroatoms. The van der Waals surface area contributed by atoms with E-state index >= 15 is 0 Å². The van der Waals surface area contributed by atoms with E-state index in [9.17, 15) is 4.79 Å². The number of hydrogen-bond acceptors (Lipinski definition) is 4. The van der Waals surface area contributed by atoms with E-state index in [0.29, 0.717) is 12.2 Å². The molecule has 4 rings (SSSR count). The summed E-state index contributed by atoms with van der Waals surface area (Å²) >= 11 is 0. The Morgan fingerprint density at radius 1 is 0.909 bits per heavy atom. The summed E-state index contributed by atoms with van der Waals surface area (Å²) in [7, 11) is -4.68. The molecule has 1 aliphatic rings. The van der Waals surface area contributed by atoms with Crippen LogP contribution in [0.25, 0.3) is 0 Å². The van der Waals surface area contributed by atoms with E-state index in [2.05, 4.69) is 138 Å². The minimum Gasteiger partial charge on any atom is -0.414 e. The third kappa shape index (κ3) is 8.32. The van der Waals surface area contributed by atoms with Gasteiger partial charge in [-0.3, -0.25) is 4.79 Å². The Morgan fingerprint density at radius 3 is 1.86 bits per heavy atom. The summed E-state index contributed by atoms with van der Waals surface area (Å²) in [5, 5.41) is 3.56. The Bertz CT molecular complexity index is 1300. The number of rotatable bonds is 10. The molecule has 44 heavy (non-hydrogen) atoms. The third-order valence-corrected chi connectivity index (χ3v) is 17.1. The average molecular weight is 630 g/mol. The molecule has 4 nitrogen and oxygen atoms in total. The Labute approximate surface area is 267 Å². The lowest BCUT2D eigenvalue weighted by atomic mass is 10.1. The molecule has 0 spiro atoms. The van der Waals surface area contributed by atoms with Crippen molar-refractivity contribution in [2.24, 2.45) is 0 Å². The summed E-state index contributed by atoms with van der Waals surface area (Å²) in [5.74, 6) is 0. The fraction of sp³-hybridized carbons (Fsp3) is 0.395. The van der Waals surface area contributed by atoms with E-state index in [0.717, 1.165) is 25.5 Å². The SMILES string of the molecule is C/C(C=O)=C\[C@H]1C/C(C)=C/CC[C@@H](O[P+](c2ccccc2)(c2ccccc2)c2ccccc2)[C@@H](CO[Si](C)(C)C(C)(C)C)O1. The van der Waals surface area contributed by atoms with Crippen molar-refractivity contribution < 1.29 is 18.5 Å². The van der Waals surface area contributed by atoms with Gasteiger partial charge in [0, 0.05) is 0 Å². The average Bonchev–Trinajstić information content (AvgIpc) is 3.08. The van der Waals surface area contributed by atoms with Gasteiger partial charge < -0.3 is 9.16 Å². The van der Waals surface area contributed by atoms with Gasteiger partial charge in [0.25, 0.3) is 0 Å². The zero-order chi connectivity index (χ0) is 31.8. The fourth-order valence-electron chi connectivity index (χ4n) is 5.39. The molecule has 234 valence electrons. The summed E-state index contributed by atoms with van der Waals surface area (Å²) in [6, 6.07) is 32.0. The van der Waals surface area contributed by atoms with Crippen LogP contribution in [-0.2, 0) is 18.5 Å². The van der Waals surface area contributed by atoms with Crippen LogP contribution in [0.4, 0.5) is 0 Å². The number of hydrogen-bond donors (Lipinski definition) is 0. The minimum atomic E-state index is -2.59. The highest BCUT2D eigenvalue weighted by Crippen LogP contribution is 2.58. The topological polar surface area (TPSA) is 44.8 Å². The van der Waals surface area contributed by atoms with Crippen molar-refractivity contribution >= 4 is 38.0 Å². The molecule has 0 aliphatic carbocycles. The Hall–Kier alpha value is -2.66. The molecule has 0 bridgehead atoms. The van der Waals surface area contributed by atoms with Crippen LogP contribution >= 0.6 is 7.49 Å². The number of allylic oxidation sites excluding steroid dienone is 2. The molecule has 0 saturated heterocycles. The van der Waals surface area contributed by atoms with Gasteiger partial charge >= 0.3 is 0 Å². The Balaban J connectivity index is 1.88. The molecule has 3 aromatic carbocycles. The van der Waals surface area contributed by atoms with Gasteiger partial charge in [0.05, 0.1) is 12.7 Å². The lowest BCUT2D eigenvalue weighted by molar-refractivity contribution is -0.105. The lowest BCUT2D eigenvalue weighted by Crippen LogP contribution is -2.47. The molecule has 0 saturated carbocycles. The molecule has 0 amide bonds. The van der Waals surface area contributed by atoms with Gasteiger partial charge in [0.2, 0.25) is 7.49 Å². The predicted octanol–water partition coefficient (Wildman–Crippen LogP) is 8.33. The van der Waals surface area contributed by atoms with Crippen molar-refractivity contribution in [3.05, 3.63) is 114 Å². The molecule has 1 aliphatic heterocycles. The second-order valence-corrected chi connectivity index (χ2v) is 21.2. The van der Waals surface area contributed by atoms with Gasteiger partial charge in [-0.05, 0) is 99.3 Å². The zero-order valence-corrected chi connectivity index (χ0v) is 29.4. The predicted molar refractivity (Wildman–Crippen MR) is 189 cm³/mol. The van der Waals surface area contributed by atoms with Gasteiger partial charge in [-0.25, -0.2) is 4.52 Å². The molecule has 0 radical (unpaired) electrons. The normalized spacial score (nSPS) is 21.8. The number of carbonyl (C=O) groups is 1. The summed E-state index contributed by atoms with van der Waals surface area (Å²) in [4.78, 5) is 11.7. The van der Waals surface area contributed by atoms with Gasteiger partial charge in [-0.15, -0.1) is 0 Å². The smallest absolute Gasteiger partial charge is 0.242 e. The monoisotopic (exact) mass is 629 g/mol. The quantitative estimate of drug-likeness (QED) is 0.0744. The summed E-state index contributed by atoms with van der Waals surface area (Å²) in [6.07, 6.45) is 6.71. The van der Waals surface area contributed by atoms with Crippen LogP contribution in [0.2, 0.25) is 18.1 Å². The maximum atomic E-state index is 11.7. The van der Waals surface area contributed by atoms with E-state index in [1.54, 1.807) is 0 Å². The van der Waals surface area contributed by atoms with Crippen LogP contribution in [0.15, 0.2) is 114 Å². The van der Waals surface area contributed by atoms with Gasteiger partial charge in [0.15, 0.2) is 8.32 Å². The summed E-state index contributed by atoms with van der Waals surface area (Å²) in [6.45, 7) is 15.8. The maximum absolute atomic E-state index is 11.7. The van der Waals surface area contributed by atoms with Gasteiger partial charge in [-0.1, -0.05) is 87.0 Å². The molecule has 0 aromatic heterocycles. The highest BCUT2D eigenvalue weighted by molar-refractivity contribution is 7.91. The first-order chi connectivity index (χ1) is 21.0. The van der Waals surface area contributed by atoms with E-state index in [-0.39, 0.29) is 23.4 Å². The maximum Gasteiger partial charge on any atom is 0.242 e. The minimum absolute atomic E-state index is 0.0578. The number of carbonyl (C=O) groups excluding carboxylic acids is 1. The van der Waals surface area contributed by atoms with E-state index in [4.69, 9.17) is 13.7 Å². The molecule has 3 aromatic rings. The highest BCUT2D eigenvalue weighted by atomic mass is 31.2. The Morgan fingerprint density at radius 2 is 1.41 bits per heavy atom. The van der Waals surface area contributed by atoms with Crippen LogP contribution in [0.3, 0.4) is 0 Å². The van der Waals surface area contributed by atoms with E-state index < -0.39 is 15.8 Å². The molecule has 1 heterocycles. The van der Waals surface area contributed by atoms with E-state index in [1.165, 1.54) is 21.5 Å². The second kappa shape index (κ2) is 15.1. The van der Waals surface area contributed by atoms with Crippen molar-refractivity contribution in [2.45, 2.75) is 90.3 Å². The lowest BCUT2D eigenvalue weighted by Gasteiger charge is -2.39. The molecule has 0 unspecified atom stereocenters. The van der Waals surface area contributed by atoms with Crippen LogP contribution in [0.5, 0.6) is 0 Å². The van der Waals surface area contributed by atoms with Gasteiger partial charge in [-0.2, -0.15) is 0 Å². The van der Waals surface area contributed by atoms with Crippen LogP contribution in [0.1, 0.15) is 53.9 Å². The van der Waals surface area contributed by atoms with Crippen LogP contribution in [0, 0.1) is 0 Å². The Kier molecular flexibility index (Phi) is 11.7. The fourth-order valence-corrected chi connectivity index (χ4v) is 10.1. The number of aldehydes is 1. The van der Waals surface area contributed by atoms with Crippen molar-refractivity contribution in [1.82, 2.24) is 0 Å². The van der Waals surface area contributed by atoms with Gasteiger partial charge in [0.1, 0.15) is 34.4 Å². The first-order valence-corrected chi connectivity index (χ1v) is 20.4. The molecule has 3 atom stereocenters. The molecular weight excluding hydrogens is 579 g/mol. The standard InChI is InChI=1S/C38H50O4PSi/c1-30-18-17-25-36(37(29-40-44(6,7)38(3,4)5)41-32(26-30)27-31(2)28-39)42-43(33-19-11-8-12-20-33,34-21-13-9-14-22-34)35-23-15-10-16-24-35/h8-16,18-24,27-28,32,36-37H,17,25-26,29H2,1-7H3/q+1/b30-18+,31-27+/t32-,36-,37-/m1/s1. The number of ether oxygens (including phenoxy) is 1. The molecular formula is C38H50O4PSi+. The first-order valence-electron chi connectivity index (χ1n) is 15.8. The van der Waals surface area contributed by atoms with E-state index in [1.807, 2.05) is 13.0 Å². The van der Waals surface area contributed by atoms with Crippen molar-refractivity contribution in [1.29, 1.82) is 0 Å². The highest BCUT2D eigenvalue weighted by Gasteiger charge is 2.51. The van der Waals surface area contributed by atoms with Crippen molar-refractivity contribution in [3.8, 4) is 0 Å². The zero-order valence-electron chi connectivity index (χ0n) is 27.5. The van der Waals surface area contributed by atoms with Crippen LogP contribution in [-0.4, -0.2) is 39.5 Å². The molecule has 0 fully saturated rings. The first kappa shape index (κ1) is 34.2. The molecule has 0 N–H and O–H groups in total. The van der Waals surface area contributed by atoms with Crippen LogP contribution < -0.4 is 15.9 Å². The van der Waals surface area contributed by atoms with Crippen molar-refractivity contribution in [3.63, 3.8) is 0 Å².